The molecule has 0 unspecified atom stereocenters. The summed E-state index contributed by atoms with van der Waals surface area (Å²) in [5.74, 6) is -3.43. The van der Waals surface area contributed by atoms with Gasteiger partial charge >= 0.3 is 11.9 Å². The second-order valence-electron chi connectivity index (χ2n) is 2.96. The number of carbonyl (C=O) groups is 1. The lowest BCUT2D eigenvalue weighted by Crippen LogP contribution is -1.94. The van der Waals surface area contributed by atoms with E-state index in [1.165, 1.54) is 0 Å². The molecule has 0 aliphatic heterocycles. The molecular weight excluding hydrogens is 220 g/mol. The van der Waals surface area contributed by atoms with E-state index in [-0.39, 0.29) is 11.3 Å². The highest BCUT2D eigenvalue weighted by molar-refractivity contribution is 5.82. The van der Waals surface area contributed by atoms with Gasteiger partial charge in [-0.15, -0.1) is 0 Å². The molecule has 82 valence electrons. The van der Waals surface area contributed by atoms with Crippen LogP contribution in [0.3, 0.4) is 0 Å². The van der Waals surface area contributed by atoms with Crippen LogP contribution >= 0.6 is 0 Å². The van der Waals surface area contributed by atoms with Gasteiger partial charge in [-0.05, 0) is 18.2 Å². The van der Waals surface area contributed by atoms with Crippen molar-refractivity contribution >= 4 is 5.97 Å². The van der Waals surface area contributed by atoms with Crippen LogP contribution in [0.25, 0.3) is 11.3 Å². The number of aromatic nitrogens is 1. The second-order valence-corrected chi connectivity index (χ2v) is 2.96. The highest BCUT2D eigenvalue weighted by Crippen LogP contribution is 2.24. The molecule has 1 N–H and O–H groups in total. The van der Waals surface area contributed by atoms with Gasteiger partial charge in [-0.25, -0.2) is 18.6 Å². The molecule has 1 aromatic carbocycles. The number of hydrogen-bond acceptors (Lipinski definition) is 3. The maximum Gasteiger partial charge on any atom is 0.392 e. The zero-order valence-electron chi connectivity index (χ0n) is 7.78. The van der Waals surface area contributed by atoms with Crippen LogP contribution in [0.4, 0.5) is 8.78 Å². The first kappa shape index (κ1) is 10.3. The molecule has 0 fully saturated rings. The van der Waals surface area contributed by atoms with Crippen LogP contribution in [0, 0.1) is 11.6 Å². The Morgan fingerprint density at radius 1 is 1.38 bits per heavy atom. The third kappa shape index (κ3) is 1.77. The number of carboxylic acid groups (broad SMARTS) is 1. The van der Waals surface area contributed by atoms with Crippen LogP contribution in [-0.2, 0) is 0 Å². The number of aromatic carboxylic acids is 1. The topological polar surface area (TPSA) is 63.3 Å². The summed E-state index contributed by atoms with van der Waals surface area (Å²) in [6.07, 6.45) is 1.03. The first-order valence-corrected chi connectivity index (χ1v) is 4.22. The minimum atomic E-state index is -1.37. The van der Waals surface area contributed by atoms with Gasteiger partial charge < -0.3 is 9.52 Å². The molecule has 0 saturated carbocycles. The quantitative estimate of drug-likeness (QED) is 0.851. The Kier molecular flexibility index (Phi) is 2.40. The van der Waals surface area contributed by atoms with E-state index < -0.39 is 23.5 Å². The predicted molar refractivity (Wildman–Crippen MR) is 48.8 cm³/mol. The van der Waals surface area contributed by atoms with E-state index in [1.807, 2.05) is 0 Å². The normalized spacial score (nSPS) is 10.4. The Morgan fingerprint density at radius 3 is 2.75 bits per heavy atom. The number of oxazole rings is 1. The molecule has 0 radical (unpaired) electrons. The van der Waals surface area contributed by atoms with Crippen LogP contribution in [0.5, 0.6) is 0 Å². The van der Waals surface area contributed by atoms with Gasteiger partial charge in [0.1, 0.15) is 11.6 Å². The van der Waals surface area contributed by atoms with Gasteiger partial charge in [0.25, 0.3) is 0 Å². The number of rotatable bonds is 2. The number of nitrogens with zero attached hydrogens (tertiary/aromatic N) is 1. The molecule has 1 heterocycles. The highest BCUT2D eigenvalue weighted by atomic mass is 19.1. The average molecular weight is 225 g/mol. The van der Waals surface area contributed by atoms with Crippen molar-refractivity contribution in [2.24, 2.45) is 0 Å². The summed E-state index contributed by atoms with van der Waals surface area (Å²) in [4.78, 5) is 13.9. The Bertz CT molecular complexity index is 551. The summed E-state index contributed by atoms with van der Waals surface area (Å²) in [6.45, 7) is 0. The summed E-state index contributed by atoms with van der Waals surface area (Å²) >= 11 is 0. The molecule has 2 rings (SSSR count). The molecule has 0 amide bonds. The molecule has 0 aliphatic rings. The molecule has 16 heavy (non-hydrogen) atoms. The van der Waals surface area contributed by atoms with Crippen molar-refractivity contribution in [3.05, 3.63) is 41.9 Å². The number of benzene rings is 1. The molecule has 0 bridgehead atoms. The summed E-state index contributed by atoms with van der Waals surface area (Å²) in [6, 6.07) is 2.78. The largest absolute Gasteiger partial charge is 0.474 e. The van der Waals surface area contributed by atoms with E-state index in [2.05, 4.69) is 4.98 Å². The van der Waals surface area contributed by atoms with Gasteiger partial charge in [0.15, 0.2) is 5.76 Å². The van der Waals surface area contributed by atoms with Crippen LogP contribution in [-0.4, -0.2) is 16.1 Å². The fourth-order valence-corrected chi connectivity index (χ4v) is 1.18. The molecule has 6 heteroatoms. The fourth-order valence-electron chi connectivity index (χ4n) is 1.18. The smallest absolute Gasteiger partial charge is 0.392 e. The lowest BCUT2D eigenvalue weighted by Gasteiger charge is -1.98. The monoisotopic (exact) mass is 225 g/mol. The zero-order chi connectivity index (χ0) is 11.7. The second kappa shape index (κ2) is 3.73. The fraction of sp³-hybridized carbons (Fsp3) is 0. The van der Waals surface area contributed by atoms with Crippen molar-refractivity contribution in [3.63, 3.8) is 0 Å². The Hall–Kier alpha value is -2.24. The van der Waals surface area contributed by atoms with Crippen molar-refractivity contribution in [3.8, 4) is 11.3 Å². The van der Waals surface area contributed by atoms with Crippen molar-refractivity contribution in [2.45, 2.75) is 0 Å². The molecule has 2 aromatic rings. The van der Waals surface area contributed by atoms with Gasteiger partial charge in [0.05, 0.1) is 11.8 Å². The summed E-state index contributed by atoms with van der Waals surface area (Å²) in [7, 11) is 0. The van der Waals surface area contributed by atoms with Gasteiger partial charge in [-0.2, -0.15) is 0 Å². The number of halogens is 2. The highest BCUT2D eigenvalue weighted by Gasteiger charge is 2.15. The first-order valence-electron chi connectivity index (χ1n) is 4.22. The molecule has 0 saturated heterocycles. The molecular formula is C10H5F2NO3. The number of carboxylic acids is 1. The Balaban J connectivity index is 2.50. The molecule has 0 aliphatic carbocycles. The van der Waals surface area contributed by atoms with Crippen LogP contribution < -0.4 is 0 Å². The van der Waals surface area contributed by atoms with Crippen molar-refractivity contribution in [1.82, 2.24) is 4.98 Å². The summed E-state index contributed by atoms with van der Waals surface area (Å²) < 4.78 is 30.9. The predicted octanol–water partition coefficient (Wildman–Crippen LogP) is 2.32. The van der Waals surface area contributed by atoms with Gasteiger partial charge in [0.2, 0.25) is 0 Å². The van der Waals surface area contributed by atoms with Crippen molar-refractivity contribution in [1.29, 1.82) is 0 Å². The summed E-state index contributed by atoms with van der Waals surface area (Å²) in [5, 5.41) is 8.54. The maximum absolute atomic E-state index is 13.3. The lowest BCUT2D eigenvalue weighted by atomic mass is 10.2. The minimum Gasteiger partial charge on any atom is -0.474 e. The Morgan fingerprint density at radius 2 is 2.12 bits per heavy atom. The molecule has 1 aromatic heterocycles. The molecule has 4 nitrogen and oxygen atoms in total. The van der Waals surface area contributed by atoms with Gasteiger partial charge in [0, 0.05) is 0 Å². The van der Waals surface area contributed by atoms with Crippen molar-refractivity contribution in [2.75, 3.05) is 0 Å². The van der Waals surface area contributed by atoms with Crippen LogP contribution in [0.2, 0.25) is 0 Å². The molecule has 0 spiro atoms. The Labute approximate surface area is 88.2 Å². The summed E-state index contributed by atoms with van der Waals surface area (Å²) in [5.41, 5.74) is -0.167. The van der Waals surface area contributed by atoms with E-state index >= 15 is 0 Å². The van der Waals surface area contributed by atoms with Crippen molar-refractivity contribution < 1.29 is 23.1 Å². The third-order valence-electron chi connectivity index (χ3n) is 1.88. The average Bonchev–Trinajstić information content (AvgIpc) is 2.70. The standard InChI is InChI=1S/C10H5F2NO3/c11-5-1-2-7(12)6(3-5)8-4-13-9(16-8)10(14)15/h1-4H,(H,14,15). The third-order valence-corrected chi connectivity index (χ3v) is 1.88. The zero-order valence-corrected chi connectivity index (χ0v) is 7.78. The van der Waals surface area contributed by atoms with Crippen LogP contribution in [0.15, 0.2) is 28.8 Å². The van der Waals surface area contributed by atoms with E-state index in [1.54, 1.807) is 0 Å². The lowest BCUT2D eigenvalue weighted by molar-refractivity contribution is 0.0654. The van der Waals surface area contributed by atoms with E-state index in [0.717, 1.165) is 24.4 Å². The van der Waals surface area contributed by atoms with Crippen LogP contribution in [0.1, 0.15) is 10.7 Å². The van der Waals surface area contributed by atoms with E-state index in [9.17, 15) is 13.6 Å². The van der Waals surface area contributed by atoms with E-state index in [4.69, 9.17) is 9.52 Å². The van der Waals surface area contributed by atoms with Gasteiger partial charge in [-0.1, -0.05) is 0 Å². The molecule has 0 atom stereocenters. The van der Waals surface area contributed by atoms with Gasteiger partial charge in [-0.3, -0.25) is 0 Å². The maximum atomic E-state index is 13.3. The SMILES string of the molecule is O=C(O)c1ncc(-c2cc(F)ccc2F)o1. The van der Waals surface area contributed by atoms with E-state index in [0.29, 0.717) is 0 Å². The minimum absolute atomic E-state index is 0.130. The number of hydrogen-bond donors (Lipinski definition) is 1. The first-order chi connectivity index (χ1) is 7.58.